The first-order valence-corrected chi connectivity index (χ1v) is 6.66. The van der Waals surface area contributed by atoms with Crippen molar-refractivity contribution in [1.29, 1.82) is 0 Å². The Labute approximate surface area is 108 Å². The van der Waals surface area contributed by atoms with Crippen LogP contribution in [0.2, 0.25) is 0 Å². The van der Waals surface area contributed by atoms with Crippen molar-refractivity contribution in [2.24, 2.45) is 0 Å². The van der Waals surface area contributed by atoms with E-state index in [1.54, 1.807) is 11.9 Å². The number of likely N-dealkylation sites (N-methyl/N-ethyl adjacent to an activating group) is 1. The summed E-state index contributed by atoms with van der Waals surface area (Å²) < 4.78 is 0. The number of carbonyl (C=O) groups excluding carboxylic acids is 1. The van der Waals surface area contributed by atoms with Gasteiger partial charge in [0, 0.05) is 13.6 Å². The Balaban J connectivity index is 1.96. The first-order chi connectivity index (χ1) is 8.70. The number of hydrogen-bond acceptors (Lipinski definition) is 2. The van der Waals surface area contributed by atoms with E-state index < -0.39 is 6.61 Å². The molecule has 98 valence electrons. The highest BCUT2D eigenvalue weighted by molar-refractivity contribution is 5.76. The highest BCUT2D eigenvalue weighted by Gasteiger charge is 2.10. The molecule has 0 aromatic heterocycles. The summed E-state index contributed by atoms with van der Waals surface area (Å²) in [5.41, 5.74) is 4.26. The van der Waals surface area contributed by atoms with Crippen molar-refractivity contribution in [2.45, 2.75) is 32.1 Å². The lowest BCUT2D eigenvalue weighted by Crippen LogP contribution is -2.31. The number of amides is 1. The monoisotopic (exact) mass is 247 g/mol. The van der Waals surface area contributed by atoms with E-state index in [0.717, 1.165) is 6.42 Å². The maximum atomic E-state index is 11.2. The number of aliphatic hydroxyl groups is 1. The molecule has 0 bridgehead atoms. The van der Waals surface area contributed by atoms with Crippen LogP contribution in [0.1, 0.15) is 29.5 Å². The Bertz CT molecular complexity index is 429. The van der Waals surface area contributed by atoms with E-state index >= 15 is 0 Å². The maximum Gasteiger partial charge on any atom is 0.248 e. The van der Waals surface area contributed by atoms with E-state index in [1.807, 2.05) is 0 Å². The molecule has 1 aromatic rings. The van der Waals surface area contributed by atoms with Gasteiger partial charge in [-0.05, 0) is 48.8 Å². The van der Waals surface area contributed by atoms with Crippen molar-refractivity contribution in [2.75, 3.05) is 20.2 Å². The average Bonchev–Trinajstić information content (AvgIpc) is 2.43. The van der Waals surface area contributed by atoms with Gasteiger partial charge in [-0.3, -0.25) is 4.79 Å². The average molecular weight is 247 g/mol. The number of carbonyl (C=O) groups is 1. The van der Waals surface area contributed by atoms with Crippen LogP contribution in [0.25, 0.3) is 0 Å². The second-order valence-electron chi connectivity index (χ2n) is 5.03. The van der Waals surface area contributed by atoms with Gasteiger partial charge in [-0.1, -0.05) is 18.2 Å². The third kappa shape index (κ3) is 3.10. The number of aliphatic hydroxyl groups excluding tert-OH is 1. The van der Waals surface area contributed by atoms with Crippen LogP contribution in [-0.4, -0.2) is 36.1 Å². The summed E-state index contributed by atoms with van der Waals surface area (Å²) in [6.45, 7) is 0.263. The fourth-order valence-electron chi connectivity index (χ4n) is 2.48. The summed E-state index contributed by atoms with van der Waals surface area (Å²) in [6.07, 6.45) is 5.85. The molecule has 0 fully saturated rings. The molecule has 0 spiro atoms. The minimum absolute atomic E-state index is 0.215. The molecule has 0 unspecified atom stereocenters. The molecule has 1 aliphatic carbocycles. The number of rotatable bonds is 4. The lowest BCUT2D eigenvalue weighted by molar-refractivity contribution is -0.132. The molecule has 0 radical (unpaired) electrons. The Hall–Kier alpha value is -1.35. The number of nitrogens with zero attached hydrogens (tertiary/aromatic N) is 1. The molecule has 2 rings (SSSR count). The van der Waals surface area contributed by atoms with Gasteiger partial charge in [0.05, 0.1) is 0 Å². The van der Waals surface area contributed by atoms with Gasteiger partial charge in [-0.2, -0.15) is 0 Å². The van der Waals surface area contributed by atoms with Crippen molar-refractivity contribution in [3.63, 3.8) is 0 Å². The molecule has 1 amide bonds. The van der Waals surface area contributed by atoms with Crippen LogP contribution < -0.4 is 0 Å². The van der Waals surface area contributed by atoms with Crippen molar-refractivity contribution < 1.29 is 9.90 Å². The van der Waals surface area contributed by atoms with Crippen LogP contribution in [0.15, 0.2) is 18.2 Å². The molecular formula is C15H21NO2. The van der Waals surface area contributed by atoms with E-state index in [9.17, 15) is 4.79 Å². The van der Waals surface area contributed by atoms with Gasteiger partial charge in [-0.25, -0.2) is 0 Å². The second kappa shape index (κ2) is 6.01. The molecule has 3 nitrogen and oxygen atoms in total. The number of benzene rings is 1. The smallest absolute Gasteiger partial charge is 0.248 e. The van der Waals surface area contributed by atoms with Gasteiger partial charge in [-0.15, -0.1) is 0 Å². The maximum absolute atomic E-state index is 11.2. The molecule has 3 heteroatoms. The van der Waals surface area contributed by atoms with Gasteiger partial charge in [0.15, 0.2) is 0 Å². The van der Waals surface area contributed by atoms with Gasteiger partial charge in [0.1, 0.15) is 6.61 Å². The topological polar surface area (TPSA) is 40.5 Å². The first-order valence-electron chi connectivity index (χ1n) is 6.66. The summed E-state index contributed by atoms with van der Waals surface area (Å²) in [5.74, 6) is -0.215. The zero-order valence-electron chi connectivity index (χ0n) is 11.0. The van der Waals surface area contributed by atoms with Crippen molar-refractivity contribution in [3.05, 3.63) is 34.9 Å². The molecule has 18 heavy (non-hydrogen) atoms. The van der Waals surface area contributed by atoms with Gasteiger partial charge in [0.25, 0.3) is 0 Å². The second-order valence-corrected chi connectivity index (χ2v) is 5.03. The normalized spacial score (nSPS) is 14.1. The lowest BCUT2D eigenvalue weighted by atomic mass is 9.90. The van der Waals surface area contributed by atoms with Crippen molar-refractivity contribution in [1.82, 2.24) is 4.90 Å². The van der Waals surface area contributed by atoms with Gasteiger partial charge in [0.2, 0.25) is 5.91 Å². The van der Waals surface area contributed by atoms with Crippen LogP contribution in [0.4, 0.5) is 0 Å². The fourth-order valence-corrected chi connectivity index (χ4v) is 2.48. The minimum Gasteiger partial charge on any atom is -0.387 e. The van der Waals surface area contributed by atoms with Gasteiger partial charge >= 0.3 is 0 Å². The van der Waals surface area contributed by atoms with E-state index in [2.05, 4.69) is 18.2 Å². The minimum atomic E-state index is -0.402. The van der Waals surface area contributed by atoms with Crippen LogP contribution in [0.3, 0.4) is 0 Å². The largest absolute Gasteiger partial charge is 0.387 e. The molecule has 1 aliphatic rings. The van der Waals surface area contributed by atoms with E-state index in [0.29, 0.717) is 6.54 Å². The zero-order valence-corrected chi connectivity index (χ0v) is 11.0. The number of hydrogen-bond donors (Lipinski definition) is 1. The van der Waals surface area contributed by atoms with E-state index in [1.165, 1.54) is 42.4 Å². The van der Waals surface area contributed by atoms with Crippen molar-refractivity contribution >= 4 is 5.91 Å². The molecule has 0 saturated heterocycles. The molecule has 0 heterocycles. The predicted octanol–water partition coefficient (Wildman–Crippen LogP) is 1.56. The SMILES string of the molecule is CN(CCc1ccc2c(c1)CCCC2)C(=O)CO. The van der Waals surface area contributed by atoms with Crippen LogP contribution in [-0.2, 0) is 24.1 Å². The molecule has 1 aromatic carbocycles. The fraction of sp³-hybridized carbons (Fsp3) is 0.533. The van der Waals surface area contributed by atoms with Crippen LogP contribution >= 0.6 is 0 Å². The predicted molar refractivity (Wildman–Crippen MR) is 71.5 cm³/mol. The summed E-state index contributed by atoms with van der Waals surface area (Å²) in [6, 6.07) is 6.69. The Morgan fingerprint density at radius 2 is 2.00 bits per heavy atom. The molecule has 0 atom stereocenters. The van der Waals surface area contributed by atoms with E-state index in [-0.39, 0.29) is 5.91 Å². The Kier molecular flexibility index (Phi) is 4.37. The third-order valence-corrected chi connectivity index (χ3v) is 3.71. The quantitative estimate of drug-likeness (QED) is 0.877. The standard InChI is InChI=1S/C15H21NO2/c1-16(15(18)11-17)9-8-12-6-7-13-4-2-3-5-14(13)10-12/h6-7,10,17H,2-5,8-9,11H2,1H3. The van der Waals surface area contributed by atoms with Crippen LogP contribution in [0.5, 0.6) is 0 Å². The first kappa shape index (κ1) is 13.1. The number of aryl methyl sites for hydroxylation is 2. The summed E-state index contributed by atoms with van der Waals surface area (Å²) in [5, 5.41) is 8.77. The van der Waals surface area contributed by atoms with E-state index in [4.69, 9.17) is 5.11 Å². The Morgan fingerprint density at radius 1 is 1.28 bits per heavy atom. The molecule has 0 aliphatic heterocycles. The van der Waals surface area contributed by atoms with Crippen molar-refractivity contribution in [3.8, 4) is 0 Å². The summed E-state index contributed by atoms with van der Waals surface area (Å²) in [4.78, 5) is 12.8. The molecule has 1 N–H and O–H groups in total. The third-order valence-electron chi connectivity index (χ3n) is 3.71. The zero-order chi connectivity index (χ0) is 13.0. The van der Waals surface area contributed by atoms with Crippen LogP contribution in [0, 0.1) is 0 Å². The lowest BCUT2D eigenvalue weighted by Gasteiger charge is -2.18. The highest BCUT2D eigenvalue weighted by Crippen LogP contribution is 2.22. The Morgan fingerprint density at radius 3 is 2.72 bits per heavy atom. The number of fused-ring (bicyclic) bond motifs is 1. The summed E-state index contributed by atoms with van der Waals surface area (Å²) >= 11 is 0. The highest BCUT2D eigenvalue weighted by atomic mass is 16.3. The molecule has 0 saturated carbocycles. The van der Waals surface area contributed by atoms with Gasteiger partial charge < -0.3 is 10.0 Å². The summed E-state index contributed by atoms with van der Waals surface area (Å²) in [7, 11) is 1.73. The molecular weight excluding hydrogens is 226 g/mol.